The van der Waals surface area contributed by atoms with Crippen LogP contribution in [0.4, 0.5) is 0 Å². The van der Waals surface area contributed by atoms with Gasteiger partial charge in [0.1, 0.15) is 0 Å². The molecular weight excluding hydrogens is 449 g/mol. The van der Waals surface area contributed by atoms with E-state index in [4.69, 9.17) is 0 Å². The van der Waals surface area contributed by atoms with E-state index in [-0.39, 0.29) is 30.4 Å². The lowest BCUT2D eigenvalue weighted by Gasteiger charge is -2.16. The summed E-state index contributed by atoms with van der Waals surface area (Å²) >= 11 is 1.81. The van der Waals surface area contributed by atoms with E-state index in [1.807, 2.05) is 25.2 Å². The molecule has 7 heteroatoms. The Morgan fingerprint density at radius 3 is 2.68 bits per heavy atom. The Morgan fingerprint density at radius 2 is 1.94 bits per heavy atom. The zero-order valence-corrected chi connectivity index (χ0v) is 20.5. The quantitative estimate of drug-likeness (QED) is 0.490. The highest BCUT2D eigenvalue weighted by Crippen LogP contribution is 2.30. The number of halogens is 2. The van der Waals surface area contributed by atoms with E-state index in [9.17, 15) is 4.79 Å². The SMILES string of the molecule is CCc1cc(-c2ccc(CNC3CCN(Cc4ccccc4)C3)s2)c(C)[nH]c1=O.Cl.Cl. The molecule has 1 aromatic carbocycles. The van der Waals surface area contributed by atoms with Crippen molar-refractivity contribution in [2.45, 2.75) is 45.8 Å². The lowest BCUT2D eigenvalue weighted by molar-refractivity contribution is 0.320. The lowest BCUT2D eigenvalue weighted by atomic mass is 10.1. The molecule has 0 spiro atoms. The van der Waals surface area contributed by atoms with Crippen LogP contribution < -0.4 is 10.9 Å². The molecule has 4 rings (SSSR count). The fraction of sp³-hybridized carbons (Fsp3) is 0.375. The van der Waals surface area contributed by atoms with Gasteiger partial charge < -0.3 is 10.3 Å². The number of hydrogen-bond donors (Lipinski definition) is 2. The maximum Gasteiger partial charge on any atom is 0.251 e. The summed E-state index contributed by atoms with van der Waals surface area (Å²) in [5.74, 6) is 0. The fourth-order valence-corrected chi connectivity index (χ4v) is 5.06. The number of hydrogen-bond acceptors (Lipinski definition) is 4. The minimum absolute atomic E-state index is 0. The van der Waals surface area contributed by atoms with Crippen LogP contribution in [0.1, 0.15) is 35.0 Å². The predicted octanol–water partition coefficient (Wildman–Crippen LogP) is 5.18. The van der Waals surface area contributed by atoms with Gasteiger partial charge in [-0.25, -0.2) is 0 Å². The van der Waals surface area contributed by atoms with Gasteiger partial charge in [-0.2, -0.15) is 0 Å². The van der Waals surface area contributed by atoms with Gasteiger partial charge >= 0.3 is 0 Å². The molecule has 31 heavy (non-hydrogen) atoms. The van der Waals surface area contributed by atoms with Crippen molar-refractivity contribution in [3.8, 4) is 10.4 Å². The van der Waals surface area contributed by atoms with Gasteiger partial charge in [-0.15, -0.1) is 36.2 Å². The Bertz CT molecular complexity index is 1020. The first-order valence-corrected chi connectivity index (χ1v) is 11.3. The molecule has 1 aliphatic heterocycles. The summed E-state index contributed by atoms with van der Waals surface area (Å²) in [7, 11) is 0. The molecule has 4 nitrogen and oxygen atoms in total. The molecule has 1 fully saturated rings. The first kappa shape index (κ1) is 25.6. The van der Waals surface area contributed by atoms with E-state index in [1.165, 1.54) is 21.7 Å². The second-order valence-electron chi connectivity index (χ2n) is 7.87. The summed E-state index contributed by atoms with van der Waals surface area (Å²) in [6.07, 6.45) is 1.95. The van der Waals surface area contributed by atoms with Gasteiger partial charge in [0.25, 0.3) is 5.56 Å². The van der Waals surface area contributed by atoms with Crippen molar-refractivity contribution < 1.29 is 0 Å². The molecule has 1 unspecified atom stereocenters. The lowest BCUT2D eigenvalue weighted by Crippen LogP contribution is -2.31. The van der Waals surface area contributed by atoms with Gasteiger partial charge in [-0.3, -0.25) is 9.69 Å². The number of H-pyrrole nitrogens is 1. The molecule has 0 saturated carbocycles. The van der Waals surface area contributed by atoms with Crippen LogP contribution in [-0.2, 0) is 19.5 Å². The van der Waals surface area contributed by atoms with Crippen molar-refractivity contribution in [2.75, 3.05) is 13.1 Å². The van der Waals surface area contributed by atoms with E-state index in [0.29, 0.717) is 6.04 Å². The average molecular weight is 481 g/mol. The molecule has 168 valence electrons. The molecule has 2 aromatic heterocycles. The molecule has 3 heterocycles. The second-order valence-corrected chi connectivity index (χ2v) is 9.04. The van der Waals surface area contributed by atoms with Crippen LogP contribution in [0.3, 0.4) is 0 Å². The zero-order valence-electron chi connectivity index (χ0n) is 18.0. The third kappa shape index (κ3) is 6.43. The van der Waals surface area contributed by atoms with E-state index in [2.05, 4.69) is 63.7 Å². The molecule has 1 saturated heterocycles. The number of aromatic amines is 1. The van der Waals surface area contributed by atoms with Crippen molar-refractivity contribution in [1.82, 2.24) is 15.2 Å². The van der Waals surface area contributed by atoms with Gasteiger partial charge in [-0.1, -0.05) is 37.3 Å². The number of nitrogens with one attached hydrogen (secondary N) is 2. The van der Waals surface area contributed by atoms with Crippen molar-refractivity contribution >= 4 is 36.2 Å². The minimum Gasteiger partial charge on any atom is -0.326 e. The zero-order chi connectivity index (χ0) is 20.2. The van der Waals surface area contributed by atoms with Gasteiger partial charge in [0.2, 0.25) is 0 Å². The van der Waals surface area contributed by atoms with Gasteiger partial charge in [0.15, 0.2) is 0 Å². The Hall–Kier alpha value is -1.63. The van der Waals surface area contributed by atoms with Crippen LogP contribution >= 0.6 is 36.2 Å². The van der Waals surface area contributed by atoms with Crippen LogP contribution in [0.15, 0.2) is 53.3 Å². The predicted molar refractivity (Wildman–Crippen MR) is 136 cm³/mol. The third-order valence-corrected chi connectivity index (χ3v) is 6.83. The maximum absolute atomic E-state index is 12.0. The largest absolute Gasteiger partial charge is 0.326 e. The minimum atomic E-state index is 0. The van der Waals surface area contributed by atoms with Crippen molar-refractivity contribution in [1.29, 1.82) is 0 Å². The number of pyridine rings is 1. The molecule has 0 aliphatic carbocycles. The number of aryl methyl sites for hydroxylation is 2. The van der Waals surface area contributed by atoms with Crippen LogP contribution in [0.5, 0.6) is 0 Å². The smallest absolute Gasteiger partial charge is 0.251 e. The van der Waals surface area contributed by atoms with Crippen molar-refractivity contribution in [3.05, 3.63) is 80.6 Å². The first-order chi connectivity index (χ1) is 14.1. The summed E-state index contributed by atoms with van der Waals surface area (Å²) in [5, 5.41) is 3.74. The number of rotatable bonds is 7. The van der Waals surface area contributed by atoms with E-state index >= 15 is 0 Å². The Morgan fingerprint density at radius 1 is 1.16 bits per heavy atom. The highest BCUT2D eigenvalue weighted by atomic mass is 35.5. The van der Waals surface area contributed by atoms with Gasteiger partial charge in [-0.05, 0) is 43.5 Å². The molecule has 0 bridgehead atoms. The van der Waals surface area contributed by atoms with Gasteiger partial charge in [0, 0.05) is 58.8 Å². The Kier molecular flexibility index (Phi) is 9.79. The van der Waals surface area contributed by atoms with Crippen LogP contribution in [0.2, 0.25) is 0 Å². The molecule has 0 radical (unpaired) electrons. The first-order valence-electron chi connectivity index (χ1n) is 10.4. The van der Waals surface area contributed by atoms with Crippen LogP contribution in [0.25, 0.3) is 10.4 Å². The highest BCUT2D eigenvalue weighted by Gasteiger charge is 2.22. The monoisotopic (exact) mass is 479 g/mol. The van der Waals surface area contributed by atoms with E-state index in [0.717, 1.165) is 49.4 Å². The number of likely N-dealkylation sites (tertiary alicyclic amines) is 1. The topological polar surface area (TPSA) is 48.1 Å². The summed E-state index contributed by atoms with van der Waals surface area (Å²) < 4.78 is 0. The molecule has 3 aromatic rings. The highest BCUT2D eigenvalue weighted by molar-refractivity contribution is 7.15. The number of benzene rings is 1. The Balaban J connectivity index is 0.00000171. The van der Waals surface area contributed by atoms with E-state index in [1.54, 1.807) is 0 Å². The summed E-state index contributed by atoms with van der Waals surface area (Å²) in [4.78, 5) is 20.1. The molecule has 1 atom stereocenters. The standard InChI is InChI=1S/C24H29N3OS.2ClH/c1-3-19-13-22(17(2)26-24(19)28)23-10-9-21(29-23)14-25-20-11-12-27(16-20)15-18-7-5-4-6-8-18;;/h4-10,13,20,25H,3,11-12,14-16H2,1-2H3,(H,26,28);2*1H. The number of aromatic nitrogens is 1. The summed E-state index contributed by atoms with van der Waals surface area (Å²) in [6, 6.07) is 17.7. The second kappa shape index (κ2) is 11.8. The molecule has 1 aliphatic rings. The average Bonchev–Trinajstić information content (AvgIpc) is 3.37. The van der Waals surface area contributed by atoms with Crippen molar-refractivity contribution in [3.63, 3.8) is 0 Å². The van der Waals surface area contributed by atoms with Crippen LogP contribution in [0, 0.1) is 6.92 Å². The molecule has 2 N–H and O–H groups in total. The maximum atomic E-state index is 12.0. The fourth-order valence-electron chi connectivity index (χ4n) is 4.03. The van der Waals surface area contributed by atoms with E-state index < -0.39 is 0 Å². The number of thiophene rings is 1. The Labute approximate surface area is 200 Å². The summed E-state index contributed by atoms with van der Waals surface area (Å²) in [6.45, 7) is 8.19. The molecular formula is C24H31Cl2N3OS. The van der Waals surface area contributed by atoms with Crippen LogP contribution in [-0.4, -0.2) is 29.0 Å². The third-order valence-electron chi connectivity index (χ3n) is 5.71. The summed E-state index contributed by atoms with van der Waals surface area (Å²) in [5.41, 5.74) is 4.36. The van der Waals surface area contributed by atoms with Gasteiger partial charge in [0.05, 0.1) is 0 Å². The van der Waals surface area contributed by atoms with Crippen molar-refractivity contribution in [2.24, 2.45) is 0 Å². The number of nitrogens with zero attached hydrogens (tertiary/aromatic N) is 1. The normalized spacial score (nSPS) is 16.0. The molecule has 0 amide bonds.